The van der Waals surface area contributed by atoms with Crippen LogP contribution in [0.5, 0.6) is 0 Å². The maximum absolute atomic E-state index is 6.08. The summed E-state index contributed by atoms with van der Waals surface area (Å²) in [5.74, 6) is 1.41. The SMILES string of the molecule is CC(C)(C)C1CCN(c2ccc(Br)cc2CCl)CC1. The van der Waals surface area contributed by atoms with Crippen LogP contribution < -0.4 is 4.90 Å². The van der Waals surface area contributed by atoms with Crippen molar-refractivity contribution in [2.75, 3.05) is 18.0 Å². The van der Waals surface area contributed by atoms with E-state index in [0.717, 1.165) is 23.5 Å². The van der Waals surface area contributed by atoms with E-state index in [1.807, 2.05) is 0 Å². The van der Waals surface area contributed by atoms with Gasteiger partial charge in [-0.05, 0) is 47.9 Å². The molecule has 0 radical (unpaired) electrons. The highest BCUT2D eigenvalue weighted by molar-refractivity contribution is 9.10. The van der Waals surface area contributed by atoms with E-state index in [1.165, 1.54) is 24.1 Å². The second-order valence-corrected chi connectivity index (χ2v) is 7.72. The van der Waals surface area contributed by atoms with Crippen LogP contribution in [0.4, 0.5) is 5.69 Å². The average Bonchev–Trinajstić information content (AvgIpc) is 2.37. The standard InChI is InChI=1S/C16H23BrClN/c1-16(2,3)13-6-8-19(9-7-13)15-5-4-14(17)10-12(15)11-18/h4-5,10,13H,6-9,11H2,1-3H3. The Hall–Kier alpha value is -0.210. The maximum Gasteiger partial charge on any atom is 0.0494 e. The van der Waals surface area contributed by atoms with Gasteiger partial charge in [-0.1, -0.05) is 36.7 Å². The average molecular weight is 345 g/mol. The van der Waals surface area contributed by atoms with Gasteiger partial charge in [-0.3, -0.25) is 0 Å². The van der Waals surface area contributed by atoms with E-state index in [0.29, 0.717) is 11.3 Å². The Morgan fingerprint density at radius 1 is 1.26 bits per heavy atom. The highest BCUT2D eigenvalue weighted by Crippen LogP contribution is 2.36. The zero-order valence-corrected chi connectivity index (χ0v) is 14.4. The number of halogens is 2. The zero-order chi connectivity index (χ0) is 14.0. The topological polar surface area (TPSA) is 3.24 Å². The van der Waals surface area contributed by atoms with Crippen molar-refractivity contribution in [3.05, 3.63) is 28.2 Å². The molecule has 19 heavy (non-hydrogen) atoms. The van der Waals surface area contributed by atoms with Gasteiger partial charge >= 0.3 is 0 Å². The van der Waals surface area contributed by atoms with E-state index < -0.39 is 0 Å². The fourth-order valence-corrected chi connectivity index (χ4v) is 3.58. The summed E-state index contributed by atoms with van der Waals surface area (Å²) < 4.78 is 1.11. The van der Waals surface area contributed by atoms with Gasteiger partial charge in [-0.2, -0.15) is 0 Å². The number of hydrogen-bond acceptors (Lipinski definition) is 1. The van der Waals surface area contributed by atoms with Crippen molar-refractivity contribution in [1.29, 1.82) is 0 Å². The van der Waals surface area contributed by atoms with Crippen LogP contribution in [0.15, 0.2) is 22.7 Å². The maximum atomic E-state index is 6.08. The fourth-order valence-electron chi connectivity index (χ4n) is 2.96. The van der Waals surface area contributed by atoms with Crippen LogP contribution in [0, 0.1) is 11.3 Å². The zero-order valence-electron chi connectivity index (χ0n) is 12.0. The second kappa shape index (κ2) is 6.05. The lowest BCUT2D eigenvalue weighted by Gasteiger charge is -2.40. The van der Waals surface area contributed by atoms with Crippen LogP contribution in [-0.2, 0) is 5.88 Å². The van der Waals surface area contributed by atoms with E-state index >= 15 is 0 Å². The van der Waals surface area contributed by atoms with Gasteiger partial charge in [0.1, 0.15) is 0 Å². The van der Waals surface area contributed by atoms with Gasteiger partial charge in [-0.25, -0.2) is 0 Å². The lowest BCUT2D eigenvalue weighted by molar-refractivity contribution is 0.199. The van der Waals surface area contributed by atoms with Crippen LogP contribution in [0.25, 0.3) is 0 Å². The predicted octanol–water partition coefficient (Wildman–Crippen LogP) is 5.45. The highest BCUT2D eigenvalue weighted by Gasteiger charge is 2.29. The molecule has 106 valence electrons. The molecule has 2 rings (SSSR count). The summed E-state index contributed by atoms with van der Waals surface area (Å²) in [7, 11) is 0. The van der Waals surface area contributed by atoms with Crippen molar-refractivity contribution < 1.29 is 0 Å². The molecule has 1 aliphatic rings. The van der Waals surface area contributed by atoms with Crippen LogP contribution in [-0.4, -0.2) is 13.1 Å². The van der Waals surface area contributed by atoms with Gasteiger partial charge in [0, 0.05) is 29.1 Å². The van der Waals surface area contributed by atoms with Gasteiger partial charge in [0.2, 0.25) is 0 Å². The van der Waals surface area contributed by atoms with Crippen molar-refractivity contribution in [2.24, 2.45) is 11.3 Å². The molecular formula is C16H23BrClN. The summed E-state index contributed by atoms with van der Waals surface area (Å²) in [5.41, 5.74) is 2.97. The molecule has 0 aromatic heterocycles. The Bertz CT molecular complexity index is 431. The van der Waals surface area contributed by atoms with E-state index in [4.69, 9.17) is 11.6 Å². The molecule has 0 amide bonds. The number of rotatable bonds is 2. The lowest BCUT2D eigenvalue weighted by Crippen LogP contribution is -2.38. The summed E-state index contributed by atoms with van der Waals surface area (Å²) in [4.78, 5) is 2.49. The van der Waals surface area contributed by atoms with Crippen molar-refractivity contribution in [3.8, 4) is 0 Å². The van der Waals surface area contributed by atoms with E-state index in [1.54, 1.807) is 0 Å². The third-order valence-corrected chi connectivity index (χ3v) is 5.03. The number of piperidine rings is 1. The first-order chi connectivity index (χ1) is 8.91. The number of hydrogen-bond donors (Lipinski definition) is 0. The first kappa shape index (κ1) is 15.2. The summed E-state index contributed by atoms with van der Waals surface area (Å²) in [6.45, 7) is 9.37. The van der Waals surface area contributed by atoms with Crippen molar-refractivity contribution >= 4 is 33.2 Å². The lowest BCUT2D eigenvalue weighted by atomic mass is 9.75. The molecule has 0 saturated carbocycles. The summed E-state index contributed by atoms with van der Waals surface area (Å²) in [5, 5.41) is 0. The molecule has 0 N–H and O–H groups in total. The van der Waals surface area contributed by atoms with Gasteiger partial charge in [-0.15, -0.1) is 11.6 Å². The van der Waals surface area contributed by atoms with Gasteiger partial charge in [0.25, 0.3) is 0 Å². The number of nitrogens with zero attached hydrogens (tertiary/aromatic N) is 1. The third kappa shape index (κ3) is 3.66. The minimum absolute atomic E-state index is 0.432. The monoisotopic (exact) mass is 343 g/mol. The Kier molecular flexibility index (Phi) is 4.84. The minimum atomic E-state index is 0.432. The first-order valence-electron chi connectivity index (χ1n) is 7.01. The van der Waals surface area contributed by atoms with Gasteiger partial charge < -0.3 is 4.90 Å². The molecule has 0 aliphatic carbocycles. The van der Waals surface area contributed by atoms with Crippen LogP contribution in [0.3, 0.4) is 0 Å². The molecule has 1 aromatic rings. The Morgan fingerprint density at radius 3 is 2.42 bits per heavy atom. The molecule has 1 aliphatic heterocycles. The van der Waals surface area contributed by atoms with E-state index in [9.17, 15) is 0 Å². The molecular weight excluding hydrogens is 322 g/mol. The molecule has 1 fully saturated rings. The smallest absolute Gasteiger partial charge is 0.0494 e. The Balaban J connectivity index is 2.10. The largest absolute Gasteiger partial charge is 0.371 e. The summed E-state index contributed by atoms with van der Waals surface area (Å²) in [6, 6.07) is 6.44. The third-order valence-electron chi connectivity index (χ3n) is 4.25. The highest BCUT2D eigenvalue weighted by atomic mass is 79.9. The van der Waals surface area contributed by atoms with E-state index in [-0.39, 0.29) is 0 Å². The summed E-state index contributed by atoms with van der Waals surface area (Å²) in [6.07, 6.45) is 2.56. The van der Waals surface area contributed by atoms with Crippen molar-refractivity contribution in [2.45, 2.75) is 39.5 Å². The Morgan fingerprint density at radius 2 is 1.89 bits per heavy atom. The quantitative estimate of drug-likeness (QED) is 0.645. The van der Waals surface area contributed by atoms with E-state index in [2.05, 4.69) is 59.8 Å². The van der Waals surface area contributed by atoms with Crippen molar-refractivity contribution in [1.82, 2.24) is 0 Å². The molecule has 1 aromatic carbocycles. The molecule has 0 spiro atoms. The molecule has 3 heteroatoms. The normalized spacial score (nSPS) is 17.8. The predicted molar refractivity (Wildman–Crippen MR) is 88.1 cm³/mol. The fraction of sp³-hybridized carbons (Fsp3) is 0.625. The van der Waals surface area contributed by atoms with Crippen LogP contribution in [0.2, 0.25) is 0 Å². The van der Waals surface area contributed by atoms with Gasteiger partial charge in [0.15, 0.2) is 0 Å². The Labute approximate surface area is 130 Å². The molecule has 1 saturated heterocycles. The van der Waals surface area contributed by atoms with Crippen LogP contribution in [0.1, 0.15) is 39.2 Å². The number of anilines is 1. The molecule has 0 atom stereocenters. The number of alkyl halides is 1. The first-order valence-corrected chi connectivity index (χ1v) is 8.34. The molecule has 1 nitrogen and oxygen atoms in total. The number of benzene rings is 1. The summed E-state index contributed by atoms with van der Waals surface area (Å²) >= 11 is 9.60. The molecule has 0 unspecified atom stereocenters. The second-order valence-electron chi connectivity index (χ2n) is 6.53. The van der Waals surface area contributed by atoms with Gasteiger partial charge in [0.05, 0.1) is 0 Å². The molecule has 0 bridgehead atoms. The van der Waals surface area contributed by atoms with Crippen LogP contribution >= 0.6 is 27.5 Å². The molecule has 1 heterocycles. The minimum Gasteiger partial charge on any atom is -0.371 e. The van der Waals surface area contributed by atoms with Crippen molar-refractivity contribution in [3.63, 3.8) is 0 Å².